The molecule has 0 saturated heterocycles. The summed E-state index contributed by atoms with van der Waals surface area (Å²) in [6.45, 7) is 2.28. The molecule has 2 amide bonds. The summed E-state index contributed by atoms with van der Waals surface area (Å²) in [6.07, 6.45) is 5.29. The van der Waals surface area contributed by atoms with Gasteiger partial charge in [-0.1, -0.05) is 43.5 Å². The number of carbonyl (C=O) groups is 3. The zero-order chi connectivity index (χ0) is 20.1. The minimum atomic E-state index is -0.839. The fraction of sp³-hybridized carbons (Fsp3) is 0.526. The maximum atomic E-state index is 12.4. The summed E-state index contributed by atoms with van der Waals surface area (Å²) in [7, 11) is 0. The number of rotatable bonds is 12. The van der Waals surface area contributed by atoms with E-state index in [0.29, 0.717) is 23.7 Å². The first kappa shape index (κ1) is 23.3. The molecule has 0 fully saturated rings. The smallest absolute Gasteiger partial charge is 0.329 e. The van der Waals surface area contributed by atoms with E-state index >= 15 is 0 Å². The molecule has 1 aromatic carbocycles. The summed E-state index contributed by atoms with van der Waals surface area (Å²) in [4.78, 5) is 36.5. The Morgan fingerprint density at radius 2 is 1.96 bits per heavy atom. The molecule has 1 aromatic rings. The summed E-state index contributed by atoms with van der Waals surface area (Å²) in [5, 5.41) is 5.66. The summed E-state index contributed by atoms with van der Waals surface area (Å²) >= 11 is 7.58. The van der Waals surface area contributed by atoms with Crippen molar-refractivity contribution >= 4 is 41.1 Å². The highest BCUT2D eigenvalue weighted by molar-refractivity contribution is 7.98. The Hall–Kier alpha value is -1.73. The molecule has 6 nitrogen and oxygen atoms in total. The van der Waals surface area contributed by atoms with Crippen molar-refractivity contribution in [1.82, 2.24) is 10.6 Å². The van der Waals surface area contributed by atoms with E-state index in [9.17, 15) is 14.4 Å². The van der Waals surface area contributed by atoms with Crippen LogP contribution in [-0.2, 0) is 14.3 Å². The first-order chi connectivity index (χ1) is 13.0. The van der Waals surface area contributed by atoms with Gasteiger partial charge in [-0.3, -0.25) is 9.59 Å². The fourth-order valence-electron chi connectivity index (χ4n) is 2.26. The van der Waals surface area contributed by atoms with Crippen LogP contribution in [0.15, 0.2) is 24.3 Å². The van der Waals surface area contributed by atoms with Gasteiger partial charge in [0.1, 0.15) is 6.04 Å². The number of halogens is 1. The third-order valence-electron chi connectivity index (χ3n) is 3.77. The lowest BCUT2D eigenvalue weighted by Gasteiger charge is -2.17. The first-order valence-corrected chi connectivity index (χ1v) is 10.7. The zero-order valence-electron chi connectivity index (χ0n) is 15.8. The third kappa shape index (κ3) is 9.15. The number of ether oxygens (including phenoxy) is 1. The Bertz CT molecular complexity index is 627. The largest absolute Gasteiger partial charge is 0.454 e. The van der Waals surface area contributed by atoms with Gasteiger partial charge in [0.15, 0.2) is 6.61 Å². The van der Waals surface area contributed by atoms with Crippen LogP contribution >= 0.6 is 23.4 Å². The minimum absolute atomic E-state index is 0.287. The van der Waals surface area contributed by atoms with Gasteiger partial charge in [0.2, 0.25) is 0 Å². The Balaban J connectivity index is 2.57. The molecule has 1 atom stereocenters. The van der Waals surface area contributed by atoms with Crippen LogP contribution in [0, 0.1) is 0 Å². The van der Waals surface area contributed by atoms with Gasteiger partial charge in [-0.05, 0) is 37.0 Å². The molecule has 1 rings (SSSR count). The number of hydrogen-bond acceptors (Lipinski definition) is 5. The number of thioether (sulfide) groups is 1. The Morgan fingerprint density at radius 1 is 1.22 bits per heavy atom. The normalized spacial score (nSPS) is 11.5. The molecule has 0 radical (unpaired) electrons. The molecular weight excluding hydrogens is 388 g/mol. The molecule has 150 valence electrons. The standard InChI is InChI=1S/C19H27ClN2O4S/c1-3-4-7-11-21-17(23)13-26-19(25)16(10-12-27-2)22-18(24)14-8-5-6-9-15(14)20/h5-6,8-9,16H,3-4,7,10-13H2,1-2H3,(H,21,23)(H,22,24). The molecule has 0 aliphatic carbocycles. The fourth-order valence-corrected chi connectivity index (χ4v) is 2.95. The van der Waals surface area contributed by atoms with E-state index in [-0.39, 0.29) is 18.1 Å². The molecule has 0 heterocycles. The van der Waals surface area contributed by atoms with Crippen molar-refractivity contribution < 1.29 is 19.1 Å². The maximum absolute atomic E-state index is 12.4. The van der Waals surface area contributed by atoms with Gasteiger partial charge in [0, 0.05) is 6.54 Å². The van der Waals surface area contributed by atoms with Gasteiger partial charge in [-0.25, -0.2) is 4.79 Å². The van der Waals surface area contributed by atoms with E-state index in [2.05, 4.69) is 17.6 Å². The summed E-state index contributed by atoms with van der Waals surface area (Å²) in [5.74, 6) is -0.771. The number of esters is 1. The van der Waals surface area contributed by atoms with Gasteiger partial charge in [0.25, 0.3) is 11.8 Å². The number of carbonyl (C=O) groups excluding carboxylic acids is 3. The van der Waals surface area contributed by atoms with Gasteiger partial charge in [0.05, 0.1) is 10.6 Å². The second-order valence-electron chi connectivity index (χ2n) is 5.95. The molecule has 0 aliphatic rings. The lowest BCUT2D eigenvalue weighted by molar-refractivity contribution is -0.150. The van der Waals surface area contributed by atoms with Crippen molar-refractivity contribution in [3.05, 3.63) is 34.9 Å². The molecule has 0 saturated carbocycles. The van der Waals surface area contributed by atoms with Crippen LogP contribution in [0.1, 0.15) is 43.0 Å². The summed E-state index contributed by atoms with van der Waals surface area (Å²) in [6, 6.07) is 5.76. The number of amides is 2. The lowest BCUT2D eigenvalue weighted by atomic mass is 10.1. The van der Waals surface area contributed by atoms with Crippen LogP contribution in [0.3, 0.4) is 0 Å². The Morgan fingerprint density at radius 3 is 2.63 bits per heavy atom. The van der Waals surface area contributed by atoms with Gasteiger partial charge in [-0.15, -0.1) is 0 Å². The Kier molecular flexibility index (Phi) is 11.6. The van der Waals surface area contributed by atoms with E-state index < -0.39 is 17.9 Å². The van der Waals surface area contributed by atoms with Crippen molar-refractivity contribution in [1.29, 1.82) is 0 Å². The molecule has 2 N–H and O–H groups in total. The Labute approximate surface area is 169 Å². The van der Waals surface area contributed by atoms with Crippen LogP contribution in [0.4, 0.5) is 0 Å². The monoisotopic (exact) mass is 414 g/mol. The molecule has 0 aromatic heterocycles. The first-order valence-electron chi connectivity index (χ1n) is 8.97. The van der Waals surface area contributed by atoms with Crippen molar-refractivity contribution in [3.8, 4) is 0 Å². The summed E-state index contributed by atoms with van der Waals surface area (Å²) < 4.78 is 5.08. The zero-order valence-corrected chi connectivity index (χ0v) is 17.3. The third-order valence-corrected chi connectivity index (χ3v) is 4.74. The predicted octanol–water partition coefficient (Wildman–Crippen LogP) is 3.04. The lowest BCUT2D eigenvalue weighted by Crippen LogP contribution is -2.43. The predicted molar refractivity (Wildman–Crippen MR) is 109 cm³/mol. The van der Waals surface area contributed by atoms with E-state index in [1.165, 1.54) is 0 Å². The molecular formula is C19H27ClN2O4S. The second-order valence-corrected chi connectivity index (χ2v) is 7.34. The highest BCUT2D eigenvalue weighted by atomic mass is 35.5. The molecule has 0 bridgehead atoms. The SMILES string of the molecule is CCCCCNC(=O)COC(=O)C(CCSC)NC(=O)c1ccccc1Cl. The van der Waals surface area contributed by atoms with E-state index in [4.69, 9.17) is 16.3 Å². The van der Waals surface area contributed by atoms with Crippen molar-refractivity contribution in [2.75, 3.05) is 25.2 Å². The molecule has 0 spiro atoms. The highest BCUT2D eigenvalue weighted by Crippen LogP contribution is 2.15. The van der Waals surface area contributed by atoms with Crippen molar-refractivity contribution in [2.45, 2.75) is 38.6 Å². The van der Waals surface area contributed by atoms with Crippen LogP contribution in [0.5, 0.6) is 0 Å². The van der Waals surface area contributed by atoms with Crippen LogP contribution < -0.4 is 10.6 Å². The molecule has 1 unspecified atom stereocenters. The van der Waals surface area contributed by atoms with Gasteiger partial charge >= 0.3 is 5.97 Å². The van der Waals surface area contributed by atoms with Crippen molar-refractivity contribution in [3.63, 3.8) is 0 Å². The van der Waals surface area contributed by atoms with E-state index in [1.807, 2.05) is 6.26 Å². The van der Waals surface area contributed by atoms with Crippen LogP contribution in [-0.4, -0.2) is 49.0 Å². The van der Waals surface area contributed by atoms with Crippen molar-refractivity contribution in [2.24, 2.45) is 0 Å². The average Bonchev–Trinajstić information content (AvgIpc) is 2.66. The average molecular weight is 415 g/mol. The topological polar surface area (TPSA) is 84.5 Å². The molecule has 27 heavy (non-hydrogen) atoms. The number of unbranched alkanes of at least 4 members (excludes halogenated alkanes) is 2. The quantitative estimate of drug-likeness (QED) is 0.405. The molecule has 8 heteroatoms. The summed E-state index contributed by atoms with van der Waals surface area (Å²) in [5.41, 5.74) is 0.287. The highest BCUT2D eigenvalue weighted by Gasteiger charge is 2.24. The number of benzene rings is 1. The number of nitrogens with one attached hydrogen (secondary N) is 2. The van der Waals surface area contributed by atoms with Crippen LogP contribution in [0.2, 0.25) is 5.02 Å². The van der Waals surface area contributed by atoms with Crippen LogP contribution in [0.25, 0.3) is 0 Å². The van der Waals surface area contributed by atoms with Gasteiger partial charge in [-0.2, -0.15) is 11.8 Å². The van der Waals surface area contributed by atoms with Gasteiger partial charge < -0.3 is 15.4 Å². The minimum Gasteiger partial charge on any atom is -0.454 e. The molecule has 0 aliphatic heterocycles. The number of hydrogen-bond donors (Lipinski definition) is 2. The van der Waals surface area contributed by atoms with E-state index in [0.717, 1.165) is 19.3 Å². The maximum Gasteiger partial charge on any atom is 0.329 e. The second kappa shape index (κ2) is 13.4. The van der Waals surface area contributed by atoms with E-state index in [1.54, 1.807) is 36.0 Å².